The first-order valence-corrected chi connectivity index (χ1v) is 13.6. The summed E-state index contributed by atoms with van der Waals surface area (Å²) in [4.78, 5) is 76.3. The normalized spacial score (nSPS) is 17.9. The van der Waals surface area contributed by atoms with Crippen LogP contribution in [0.1, 0.15) is 56.8 Å². The molecule has 1 aliphatic heterocycles. The zero-order valence-electron chi connectivity index (χ0n) is 22.1. The Bertz CT molecular complexity index is 1560. The third-order valence-electron chi connectivity index (χ3n) is 7.39. The van der Waals surface area contributed by atoms with Gasteiger partial charge in [-0.05, 0) is 61.4 Å². The molecule has 1 aliphatic carbocycles. The van der Waals surface area contributed by atoms with E-state index in [2.05, 4.69) is 0 Å². The Hall–Kier alpha value is -4.90. The molecule has 2 atom stereocenters. The topological polar surface area (TPSA) is 144 Å². The Labute approximate surface area is 244 Å². The van der Waals surface area contributed by atoms with E-state index in [1.807, 2.05) is 0 Å². The van der Waals surface area contributed by atoms with E-state index in [1.54, 1.807) is 12.1 Å². The number of ether oxygens (including phenoxy) is 1. The van der Waals surface area contributed by atoms with Crippen molar-refractivity contribution in [2.24, 2.45) is 11.8 Å². The second kappa shape index (κ2) is 11.9. The second-order valence-corrected chi connectivity index (χ2v) is 10.4. The number of nitro benzene ring substituents is 1. The molecule has 3 aromatic carbocycles. The van der Waals surface area contributed by atoms with Crippen molar-refractivity contribution in [1.29, 1.82) is 0 Å². The van der Waals surface area contributed by atoms with Crippen LogP contribution in [-0.4, -0.2) is 51.0 Å². The largest absolute Gasteiger partial charge is 0.423 e. The third kappa shape index (κ3) is 5.64. The van der Waals surface area contributed by atoms with Crippen LogP contribution in [-0.2, 0) is 9.59 Å². The van der Waals surface area contributed by atoms with Gasteiger partial charge >= 0.3 is 5.97 Å². The van der Waals surface area contributed by atoms with E-state index in [0.29, 0.717) is 12.8 Å². The molecule has 3 aromatic rings. The fourth-order valence-electron chi connectivity index (χ4n) is 5.21. The molecule has 3 amide bonds. The van der Waals surface area contributed by atoms with Crippen LogP contribution >= 0.6 is 11.6 Å². The van der Waals surface area contributed by atoms with Crippen LogP contribution in [0.3, 0.4) is 0 Å². The average molecular weight is 590 g/mol. The number of rotatable bonds is 8. The third-order valence-corrected chi connectivity index (χ3v) is 7.72. The molecule has 0 spiro atoms. The molecule has 1 saturated heterocycles. The van der Waals surface area contributed by atoms with E-state index in [1.165, 1.54) is 60.7 Å². The Morgan fingerprint density at radius 2 is 1.45 bits per heavy atom. The lowest BCUT2D eigenvalue weighted by atomic mass is 9.81. The van der Waals surface area contributed by atoms with Gasteiger partial charge in [0.15, 0.2) is 5.78 Å². The molecule has 1 heterocycles. The summed E-state index contributed by atoms with van der Waals surface area (Å²) >= 11 is 6.25. The smallest absolute Gasteiger partial charge is 0.343 e. The maximum absolute atomic E-state index is 13.6. The lowest BCUT2D eigenvalue weighted by molar-refractivity contribution is -0.384. The van der Waals surface area contributed by atoms with Crippen LogP contribution in [0.25, 0.3) is 0 Å². The van der Waals surface area contributed by atoms with E-state index < -0.39 is 52.8 Å². The van der Waals surface area contributed by atoms with Gasteiger partial charge in [-0.15, -0.1) is 0 Å². The van der Waals surface area contributed by atoms with Crippen molar-refractivity contribution >= 4 is 46.8 Å². The molecule has 2 aliphatic rings. The van der Waals surface area contributed by atoms with Crippen LogP contribution in [0.5, 0.6) is 5.75 Å². The first-order valence-electron chi connectivity index (χ1n) is 13.2. The summed E-state index contributed by atoms with van der Waals surface area (Å²) in [6.07, 6.45) is 2.67. The van der Waals surface area contributed by atoms with Gasteiger partial charge in [-0.3, -0.25) is 29.3 Å². The molecule has 12 heteroatoms. The number of ketones is 1. The van der Waals surface area contributed by atoms with Gasteiger partial charge in [0.2, 0.25) is 0 Å². The molecular formula is C30H24ClN3O8. The minimum Gasteiger partial charge on any atom is -0.423 e. The molecule has 0 aromatic heterocycles. The molecule has 0 bridgehead atoms. The number of esters is 1. The fraction of sp³-hybridized carbons (Fsp3) is 0.233. The number of carbonyl (C=O) groups excluding carboxylic acids is 5. The summed E-state index contributed by atoms with van der Waals surface area (Å²) in [5, 5.41) is 12.6. The summed E-state index contributed by atoms with van der Waals surface area (Å²) < 4.78 is 5.29. The monoisotopic (exact) mass is 589 g/mol. The first-order chi connectivity index (χ1) is 20.2. The van der Waals surface area contributed by atoms with Gasteiger partial charge in [-0.2, -0.15) is 5.01 Å². The highest BCUT2D eigenvalue weighted by molar-refractivity contribution is 6.34. The van der Waals surface area contributed by atoms with E-state index in [4.69, 9.17) is 16.3 Å². The van der Waals surface area contributed by atoms with Crippen LogP contribution in [0, 0.1) is 22.0 Å². The number of fused-ring (bicyclic) bond motifs is 1. The van der Waals surface area contributed by atoms with Gasteiger partial charge in [0.25, 0.3) is 23.4 Å². The van der Waals surface area contributed by atoms with Crippen molar-refractivity contribution in [2.75, 3.05) is 6.54 Å². The lowest BCUT2D eigenvalue weighted by Crippen LogP contribution is -2.52. The highest BCUT2D eigenvalue weighted by Gasteiger charge is 2.52. The van der Waals surface area contributed by atoms with E-state index in [0.717, 1.165) is 22.9 Å². The average Bonchev–Trinajstić information content (AvgIpc) is 3.25. The number of benzene rings is 3. The number of hydrogen-bond acceptors (Lipinski definition) is 8. The zero-order chi connectivity index (χ0) is 30.0. The number of non-ortho nitro benzene ring substituents is 1. The van der Waals surface area contributed by atoms with Crippen molar-refractivity contribution in [3.8, 4) is 5.75 Å². The molecule has 2 fully saturated rings. The number of nitrogens with zero attached hydrogens (tertiary/aromatic N) is 3. The maximum atomic E-state index is 13.6. The van der Waals surface area contributed by atoms with Gasteiger partial charge in [-0.25, -0.2) is 9.80 Å². The minimum absolute atomic E-state index is 0.0379. The van der Waals surface area contributed by atoms with Crippen molar-refractivity contribution in [1.82, 2.24) is 10.0 Å². The van der Waals surface area contributed by atoms with Gasteiger partial charge in [-0.1, -0.05) is 36.6 Å². The van der Waals surface area contributed by atoms with Gasteiger partial charge in [0.05, 0.1) is 32.9 Å². The molecule has 214 valence electrons. The van der Waals surface area contributed by atoms with Gasteiger partial charge in [0.1, 0.15) is 12.3 Å². The lowest BCUT2D eigenvalue weighted by Gasteiger charge is -2.30. The molecule has 11 nitrogen and oxygen atoms in total. The quantitative estimate of drug-likeness (QED) is 0.0902. The molecule has 5 rings (SSSR count). The number of halogens is 1. The van der Waals surface area contributed by atoms with E-state index in [9.17, 15) is 34.1 Å². The van der Waals surface area contributed by atoms with Crippen molar-refractivity contribution in [3.05, 3.63) is 105 Å². The van der Waals surface area contributed by atoms with Gasteiger partial charge in [0, 0.05) is 17.7 Å². The second-order valence-electron chi connectivity index (χ2n) is 9.97. The molecule has 0 N–H and O–H groups in total. The molecule has 0 unspecified atom stereocenters. The summed E-state index contributed by atoms with van der Waals surface area (Å²) in [7, 11) is 0. The van der Waals surface area contributed by atoms with Crippen molar-refractivity contribution in [3.63, 3.8) is 0 Å². The molecule has 1 saturated carbocycles. The van der Waals surface area contributed by atoms with E-state index in [-0.39, 0.29) is 33.1 Å². The Balaban J connectivity index is 1.35. The summed E-state index contributed by atoms with van der Waals surface area (Å²) in [5.74, 6) is -4.07. The summed E-state index contributed by atoms with van der Waals surface area (Å²) in [6, 6.07) is 16.6. The minimum atomic E-state index is -0.761. The highest BCUT2D eigenvalue weighted by atomic mass is 35.5. The zero-order valence-corrected chi connectivity index (χ0v) is 22.9. The molecular weight excluding hydrogens is 566 g/mol. The van der Waals surface area contributed by atoms with Crippen molar-refractivity contribution in [2.45, 2.75) is 25.7 Å². The number of amides is 3. The molecule has 0 radical (unpaired) electrons. The number of hydrogen-bond donors (Lipinski definition) is 0. The summed E-state index contributed by atoms with van der Waals surface area (Å²) in [5.41, 5.74) is 0.0945. The van der Waals surface area contributed by atoms with Crippen molar-refractivity contribution < 1.29 is 33.6 Å². The fourth-order valence-corrected chi connectivity index (χ4v) is 5.43. The van der Waals surface area contributed by atoms with Crippen LogP contribution in [0.4, 0.5) is 5.69 Å². The Kier molecular flexibility index (Phi) is 8.12. The number of imide groups is 1. The van der Waals surface area contributed by atoms with Crippen LogP contribution in [0.2, 0.25) is 5.02 Å². The van der Waals surface area contributed by atoms with Gasteiger partial charge < -0.3 is 4.74 Å². The van der Waals surface area contributed by atoms with E-state index >= 15 is 0 Å². The van der Waals surface area contributed by atoms with Crippen LogP contribution in [0.15, 0.2) is 72.8 Å². The highest BCUT2D eigenvalue weighted by Crippen LogP contribution is 2.39. The first kappa shape index (κ1) is 28.6. The maximum Gasteiger partial charge on any atom is 0.343 e. The Morgan fingerprint density at radius 3 is 2.02 bits per heavy atom. The molecule has 42 heavy (non-hydrogen) atoms. The number of hydrazine groups is 1. The predicted molar refractivity (Wildman–Crippen MR) is 149 cm³/mol. The predicted octanol–water partition coefficient (Wildman–Crippen LogP) is 4.88. The van der Waals surface area contributed by atoms with Crippen LogP contribution < -0.4 is 4.74 Å². The standard InChI is InChI=1S/C30H24ClN3O8/c31-25-8-4-3-7-24(25)27(36)32(33-28(37)22-5-1-2-6-23(22)29(33)38)17-26(35)18-11-15-21(16-12-18)42-30(39)19-9-13-20(14-10-19)34(40)41/h3-4,7-16,22-23H,1-2,5-6,17H2/t22-,23-/m1/s1. The summed E-state index contributed by atoms with van der Waals surface area (Å²) in [6.45, 7) is -0.608. The number of nitro groups is 1. The number of Topliss-reactive ketones (excluding diaryl/α,β-unsaturated/α-hetero) is 1. The SMILES string of the molecule is O=C(CN(C(=O)c1ccccc1Cl)N1C(=O)[C@@H]2CCCC[C@H]2C1=O)c1ccc(OC(=O)c2ccc([N+](=O)[O-])cc2)cc1. The Morgan fingerprint density at radius 1 is 0.881 bits per heavy atom. The number of carbonyl (C=O) groups is 5.